The highest BCUT2D eigenvalue weighted by Gasteiger charge is 2.30. The number of hydrogen-bond donors (Lipinski definition) is 0. The highest BCUT2D eigenvalue weighted by Crippen LogP contribution is 2.32. The van der Waals surface area contributed by atoms with E-state index in [1.165, 1.54) is 11.3 Å². The molecule has 1 fully saturated rings. The van der Waals surface area contributed by atoms with Gasteiger partial charge in [0.1, 0.15) is 12.2 Å². The average molecular weight is 326 g/mol. The molecule has 0 bridgehead atoms. The Morgan fingerprint density at radius 2 is 2.30 bits per heavy atom. The van der Waals surface area contributed by atoms with E-state index in [-0.39, 0.29) is 11.9 Å². The maximum Gasteiger partial charge on any atom is 0.264 e. The fourth-order valence-corrected chi connectivity index (χ4v) is 3.98. The number of imidazole rings is 1. The first-order chi connectivity index (χ1) is 11.2. The summed E-state index contributed by atoms with van der Waals surface area (Å²) in [4.78, 5) is 24.6. The van der Waals surface area contributed by atoms with Gasteiger partial charge < -0.3 is 4.90 Å². The summed E-state index contributed by atoms with van der Waals surface area (Å²) >= 11 is 1.50. The highest BCUT2D eigenvalue weighted by atomic mass is 32.1. The molecule has 1 saturated heterocycles. The van der Waals surface area contributed by atoms with Crippen molar-refractivity contribution < 1.29 is 4.79 Å². The number of amides is 1. The summed E-state index contributed by atoms with van der Waals surface area (Å²) in [6.07, 6.45) is 6.77. The van der Waals surface area contributed by atoms with Gasteiger partial charge in [-0.2, -0.15) is 0 Å². The van der Waals surface area contributed by atoms with Gasteiger partial charge in [0.05, 0.1) is 28.3 Å². The molecule has 0 spiro atoms. The van der Waals surface area contributed by atoms with Gasteiger partial charge in [-0.15, -0.1) is 11.3 Å². The molecule has 0 aliphatic carbocycles. The number of aryl methyl sites for hydroxylation is 1. The molecule has 0 radical (unpaired) electrons. The number of carbonyl (C=O) groups excluding carboxylic acids is 1. The lowest BCUT2D eigenvalue weighted by atomic mass is 9.98. The number of nitrogens with zero attached hydrogens (tertiary/aromatic N) is 4. The second kappa shape index (κ2) is 5.77. The third-order valence-electron chi connectivity index (χ3n) is 4.44. The van der Waals surface area contributed by atoms with Gasteiger partial charge >= 0.3 is 0 Å². The Morgan fingerprint density at radius 1 is 1.39 bits per heavy atom. The molecular weight excluding hydrogens is 308 g/mol. The molecule has 4 rings (SSSR count). The Bertz CT molecular complexity index is 840. The van der Waals surface area contributed by atoms with Gasteiger partial charge in [0, 0.05) is 6.54 Å². The minimum absolute atomic E-state index is 0.0527. The van der Waals surface area contributed by atoms with Crippen LogP contribution in [0.25, 0.3) is 5.52 Å². The van der Waals surface area contributed by atoms with E-state index < -0.39 is 0 Å². The molecule has 6 heteroatoms. The predicted molar refractivity (Wildman–Crippen MR) is 89.7 cm³/mol. The van der Waals surface area contributed by atoms with Gasteiger partial charge in [-0.1, -0.05) is 6.07 Å². The Labute approximate surface area is 138 Å². The quantitative estimate of drug-likeness (QED) is 0.724. The summed E-state index contributed by atoms with van der Waals surface area (Å²) in [5.41, 5.74) is 2.00. The van der Waals surface area contributed by atoms with Gasteiger partial charge in [0.25, 0.3) is 5.91 Å². The van der Waals surface area contributed by atoms with Crippen molar-refractivity contribution in [3.8, 4) is 0 Å². The van der Waals surface area contributed by atoms with E-state index in [1.54, 1.807) is 6.33 Å². The monoisotopic (exact) mass is 326 g/mol. The van der Waals surface area contributed by atoms with Crippen LogP contribution >= 0.6 is 11.3 Å². The molecule has 4 heterocycles. The van der Waals surface area contributed by atoms with Crippen LogP contribution < -0.4 is 0 Å². The third kappa shape index (κ3) is 2.53. The lowest BCUT2D eigenvalue weighted by Gasteiger charge is -2.35. The fraction of sp³-hybridized carbons (Fsp3) is 0.353. The van der Waals surface area contributed by atoms with Crippen LogP contribution in [0, 0.1) is 6.92 Å². The van der Waals surface area contributed by atoms with Gasteiger partial charge in [-0.25, -0.2) is 9.97 Å². The summed E-state index contributed by atoms with van der Waals surface area (Å²) in [7, 11) is 0. The zero-order valence-corrected chi connectivity index (χ0v) is 13.8. The van der Waals surface area contributed by atoms with Crippen molar-refractivity contribution in [2.75, 3.05) is 6.54 Å². The largest absolute Gasteiger partial charge is 0.329 e. The van der Waals surface area contributed by atoms with E-state index in [0.717, 1.165) is 47.7 Å². The number of carbonyl (C=O) groups is 1. The van der Waals surface area contributed by atoms with E-state index in [2.05, 4.69) is 11.1 Å². The fourth-order valence-electron chi connectivity index (χ4n) is 3.30. The zero-order valence-electron chi connectivity index (χ0n) is 13.0. The second-order valence-electron chi connectivity index (χ2n) is 5.90. The van der Waals surface area contributed by atoms with Crippen molar-refractivity contribution in [1.82, 2.24) is 19.3 Å². The van der Waals surface area contributed by atoms with Crippen molar-refractivity contribution in [2.45, 2.75) is 32.2 Å². The van der Waals surface area contributed by atoms with E-state index in [1.807, 2.05) is 39.9 Å². The molecular formula is C17H18N4OS. The number of thiophene rings is 1. The zero-order chi connectivity index (χ0) is 15.8. The number of rotatable bonds is 2. The third-order valence-corrected chi connectivity index (χ3v) is 5.30. The molecule has 23 heavy (non-hydrogen) atoms. The number of hydrogen-bond acceptors (Lipinski definition) is 4. The molecule has 0 saturated carbocycles. The highest BCUT2D eigenvalue weighted by molar-refractivity contribution is 7.12. The minimum Gasteiger partial charge on any atom is -0.329 e. The van der Waals surface area contributed by atoms with Crippen molar-refractivity contribution in [3.63, 3.8) is 0 Å². The van der Waals surface area contributed by atoms with E-state index >= 15 is 0 Å². The topological polar surface area (TPSA) is 50.5 Å². The molecule has 0 aromatic carbocycles. The van der Waals surface area contributed by atoms with Gasteiger partial charge in [-0.05, 0) is 43.7 Å². The predicted octanol–water partition coefficient (Wildman–Crippen LogP) is 3.47. The minimum atomic E-state index is 0.0527. The van der Waals surface area contributed by atoms with Gasteiger partial charge in [0.15, 0.2) is 0 Å². The molecule has 0 N–H and O–H groups in total. The Balaban J connectivity index is 1.73. The Morgan fingerprint density at radius 3 is 3.13 bits per heavy atom. The van der Waals surface area contributed by atoms with Crippen LogP contribution in [0.3, 0.4) is 0 Å². The number of piperidine rings is 1. The molecule has 0 unspecified atom stereocenters. The lowest BCUT2D eigenvalue weighted by molar-refractivity contribution is 0.0611. The molecule has 1 amide bonds. The van der Waals surface area contributed by atoms with E-state index in [9.17, 15) is 4.79 Å². The van der Waals surface area contributed by atoms with Crippen molar-refractivity contribution in [2.24, 2.45) is 0 Å². The molecule has 1 aliphatic heterocycles. The smallest absolute Gasteiger partial charge is 0.264 e. The van der Waals surface area contributed by atoms with E-state index in [4.69, 9.17) is 4.98 Å². The van der Waals surface area contributed by atoms with Gasteiger partial charge in [-0.3, -0.25) is 9.20 Å². The number of likely N-dealkylation sites (tertiary alicyclic amines) is 1. The summed E-state index contributed by atoms with van der Waals surface area (Å²) in [5, 5.41) is 1.95. The first kappa shape index (κ1) is 14.4. The normalized spacial score (nSPS) is 18.5. The number of fused-ring (bicyclic) bond motifs is 1. The summed E-state index contributed by atoms with van der Waals surface area (Å²) in [6, 6.07) is 5.94. The SMILES string of the molecule is Cc1nc([C@H]2CCCCN2C(=O)c2cccs2)cc2cncn12. The first-order valence-corrected chi connectivity index (χ1v) is 8.76. The van der Waals surface area contributed by atoms with Crippen LogP contribution in [0.1, 0.15) is 46.5 Å². The Kier molecular flexibility index (Phi) is 3.61. The van der Waals surface area contributed by atoms with Gasteiger partial charge in [0.2, 0.25) is 0 Å². The maximum absolute atomic E-state index is 12.8. The van der Waals surface area contributed by atoms with Crippen LogP contribution in [0.4, 0.5) is 0 Å². The second-order valence-corrected chi connectivity index (χ2v) is 6.85. The first-order valence-electron chi connectivity index (χ1n) is 7.88. The summed E-state index contributed by atoms with van der Waals surface area (Å²) in [5.74, 6) is 1.03. The van der Waals surface area contributed by atoms with Crippen LogP contribution in [-0.2, 0) is 0 Å². The maximum atomic E-state index is 12.8. The number of aromatic nitrogens is 3. The Hall–Kier alpha value is -2.21. The average Bonchev–Trinajstić information content (AvgIpc) is 3.25. The van der Waals surface area contributed by atoms with Crippen LogP contribution in [0.15, 0.2) is 36.1 Å². The molecule has 5 nitrogen and oxygen atoms in total. The van der Waals surface area contributed by atoms with Crippen LogP contribution in [-0.4, -0.2) is 31.7 Å². The molecule has 1 aliphatic rings. The molecule has 118 valence electrons. The van der Waals surface area contributed by atoms with Crippen molar-refractivity contribution >= 4 is 22.8 Å². The van der Waals surface area contributed by atoms with Crippen molar-refractivity contribution in [1.29, 1.82) is 0 Å². The molecule has 1 atom stereocenters. The molecule has 3 aromatic rings. The summed E-state index contributed by atoms with van der Waals surface area (Å²) < 4.78 is 1.97. The standard InChI is InChI=1S/C17H18N4OS/c1-12-19-14(9-13-10-18-11-21(12)13)15-5-2-3-7-20(15)17(22)16-6-4-8-23-16/h4,6,8-11,15H,2-3,5,7H2,1H3/t15-/m1/s1. The van der Waals surface area contributed by atoms with E-state index in [0.29, 0.717) is 0 Å². The van der Waals surface area contributed by atoms with Crippen LogP contribution in [0.5, 0.6) is 0 Å². The summed E-state index contributed by atoms with van der Waals surface area (Å²) in [6.45, 7) is 2.78. The lowest BCUT2D eigenvalue weighted by Crippen LogP contribution is -2.38. The van der Waals surface area contributed by atoms with Crippen LogP contribution in [0.2, 0.25) is 0 Å². The molecule has 3 aromatic heterocycles. The van der Waals surface area contributed by atoms with Crippen molar-refractivity contribution in [3.05, 3.63) is 52.5 Å².